The molecule has 0 saturated heterocycles. The van der Waals surface area contributed by atoms with E-state index in [0.29, 0.717) is 11.3 Å². The number of hydrogen-bond acceptors (Lipinski definition) is 5. The van der Waals surface area contributed by atoms with Gasteiger partial charge in [0, 0.05) is 11.6 Å². The summed E-state index contributed by atoms with van der Waals surface area (Å²) >= 11 is 0. The Balaban J connectivity index is 1.71. The number of nitrogens with one attached hydrogen (secondary N) is 2. The zero-order valence-corrected chi connectivity index (χ0v) is 20.5. The monoisotopic (exact) mass is 507 g/mol. The van der Waals surface area contributed by atoms with Crippen LogP contribution in [0, 0.1) is 10.1 Å². The Morgan fingerprint density at radius 2 is 1.45 bits per heavy atom. The average Bonchev–Trinajstić information content (AvgIpc) is 2.94. The van der Waals surface area contributed by atoms with Gasteiger partial charge >= 0.3 is 11.7 Å². The van der Waals surface area contributed by atoms with Crippen molar-refractivity contribution in [1.29, 1.82) is 0 Å². The van der Waals surface area contributed by atoms with Gasteiger partial charge in [-0.25, -0.2) is 4.79 Å². The van der Waals surface area contributed by atoms with Gasteiger partial charge in [-0.15, -0.1) is 0 Å². The summed E-state index contributed by atoms with van der Waals surface area (Å²) in [6.45, 7) is 1.92. The maximum atomic E-state index is 12.9. The summed E-state index contributed by atoms with van der Waals surface area (Å²) in [6, 6.07) is 28.9. The molecule has 1 atom stereocenters. The molecule has 8 nitrogen and oxygen atoms in total. The minimum Gasteiger partial charge on any atom is -0.500 e. The van der Waals surface area contributed by atoms with Crippen molar-refractivity contribution >= 4 is 23.0 Å². The number of benzene rings is 4. The van der Waals surface area contributed by atoms with Gasteiger partial charge < -0.3 is 20.5 Å². The molecule has 0 radical (unpaired) electrons. The number of ether oxygens (including phenoxy) is 1. The van der Waals surface area contributed by atoms with Crippen molar-refractivity contribution < 1.29 is 19.6 Å². The van der Waals surface area contributed by atoms with Crippen molar-refractivity contribution in [2.24, 2.45) is 0 Å². The third-order valence-electron chi connectivity index (χ3n) is 6.34. The molecule has 4 aromatic rings. The summed E-state index contributed by atoms with van der Waals surface area (Å²) in [6.07, 6.45) is 0. The molecule has 0 bridgehead atoms. The second-order valence-corrected chi connectivity index (χ2v) is 8.71. The van der Waals surface area contributed by atoms with Gasteiger partial charge in [0.2, 0.25) is 5.75 Å². The first-order valence-corrected chi connectivity index (χ1v) is 12.1. The fraction of sp³-hybridized carbons (Fsp3) is 0.100. The molecule has 2 amide bonds. The van der Waals surface area contributed by atoms with Crippen molar-refractivity contribution in [3.63, 3.8) is 0 Å². The largest absolute Gasteiger partial charge is 0.500 e. The molecular formula is C30H25N3O5. The Hall–Kier alpha value is -5.11. The van der Waals surface area contributed by atoms with E-state index in [1.54, 1.807) is 6.92 Å². The van der Waals surface area contributed by atoms with E-state index in [2.05, 4.69) is 10.6 Å². The van der Waals surface area contributed by atoms with Crippen LogP contribution in [0.5, 0.6) is 11.5 Å². The molecule has 1 aliphatic heterocycles. The van der Waals surface area contributed by atoms with Crippen LogP contribution < -0.4 is 15.4 Å². The van der Waals surface area contributed by atoms with Gasteiger partial charge in [-0.3, -0.25) is 10.1 Å². The maximum Gasteiger partial charge on any atom is 0.320 e. The summed E-state index contributed by atoms with van der Waals surface area (Å²) in [5.41, 5.74) is 4.90. The van der Waals surface area contributed by atoms with Crippen LogP contribution in [0.25, 0.3) is 22.4 Å². The first-order valence-electron chi connectivity index (χ1n) is 12.1. The van der Waals surface area contributed by atoms with Crippen molar-refractivity contribution in [2.75, 3.05) is 6.61 Å². The number of carbonyl (C=O) groups excluding carboxylic acids is 1. The second kappa shape index (κ2) is 10.5. The molecule has 0 aliphatic carbocycles. The third kappa shape index (κ3) is 4.79. The lowest BCUT2D eigenvalue weighted by Crippen LogP contribution is -2.43. The van der Waals surface area contributed by atoms with Crippen molar-refractivity contribution in [3.05, 3.63) is 124 Å². The Bertz CT molecular complexity index is 1520. The standard InChI is InChI=1S/C30H25N3O5/c1-2-38-25-18-23(17-24(29(25)34)33(36)37)28-26(27(31-30(35)32-28)22-11-7-4-8-12-22)21-15-13-20(14-16-21)19-9-5-3-6-10-19/h3-18,28,34H,2H2,1H3,(H2,31,32,35). The van der Waals surface area contributed by atoms with E-state index in [0.717, 1.165) is 27.8 Å². The maximum absolute atomic E-state index is 12.9. The molecule has 190 valence electrons. The number of phenolic OH excluding ortho intramolecular Hbond substituents is 1. The molecule has 1 heterocycles. The predicted molar refractivity (Wildman–Crippen MR) is 145 cm³/mol. The van der Waals surface area contributed by atoms with Crippen LogP contribution in [-0.2, 0) is 0 Å². The molecule has 4 aromatic carbocycles. The highest BCUT2D eigenvalue weighted by Crippen LogP contribution is 2.44. The Labute approximate surface area is 219 Å². The van der Waals surface area contributed by atoms with E-state index < -0.39 is 28.4 Å². The molecule has 0 fully saturated rings. The molecule has 3 N–H and O–H groups in total. The van der Waals surface area contributed by atoms with Gasteiger partial charge in [0.25, 0.3) is 0 Å². The quantitative estimate of drug-likeness (QED) is 0.201. The summed E-state index contributed by atoms with van der Waals surface area (Å²) in [5.74, 6) is -0.577. The normalized spacial score (nSPS) is 15.0. The van der Waals surface area contributed by atoms with Gasteiger partial charge in [-0.05, 0) is 40.8 Å². The smallest absolute Gasteiger partial charge is 0.320 e. The minimum atomic E-state index is -0.764. The molecule has 1 unspecified atom stereocenters. The number of phenols is 1. The van der Waals surface area contributed by atoms with E-state index in [4.69, 9.17) is 4.74 Å². The summed E-state index contributed by atoms with van der Waals surface area (Å²) in [7, 11) is 0. The molecular weight excluding hydrogens is 482 g/mol. The van der Waals surface area contributed by atoms with Gasteiger partial charge in [-0.2, -0.15) is 0 Å². The lowest BCUT2D eigenvalue weighted by atomic mass is 9.87. The molecule has 1 aliphatic rings. The molecule has 38 heavy (non-hydrogen) atoms. The topological polar surface area (TPSA) is 114 Å². The van der Waals surface area contributed by atoms with Crippen LogP contribution in [0.3, 0.4) is 0 Å². The van der Waals surface area contributed by atoms with Crippen LogP contribution in [-0.4, -0.2) is 22.7 Å². The van der Waals surface area contributed by atoms with Gasteiger partial charge in [0.05, 0.1) is 23.3 Å². The van der Waals surface area contributed by atoms with Gasteiger partial charge in [0.1, 0.15) is 0 Å². The number of amides is 2. The van der Waals surface area contributed by atoms with Crippen LogP contribution in [0.1, 0.15) is 29.7 Å². The number of aromatic hydroxyl groups is 1. The third-order valence-corrected chi connectivity index (χ3v) is 6.34. The van der Waals surface area contributed by atoms with Gasteiger partial charge in [0.15, 0.2) is 5.75 Å². The highest BCUT2D eigenvalue weighted by molar-refractivity contribution is 6.03. The Kier molecular flexibility index (Phi) is 6.78. The van der Waals surface area contributed by atoms with Crippen LogP contribution in [0.15, 0.2) is 97.1 Å². The average molecular weight is 508 g/mol. The number of nitro groups is 1. The highest BCUT2D eigenvalue weighted by atomic mass is 16.6. The summed E-state index contributed by atoms with van der Waals surface area (Å²) in [4.78, 5) is 24.0. The van der Waals surface area contributed by atoms with E-state index in [-0.39, 0.29) is 12.4 Å². The summed E-state index contributed by atoms with van der Waals surface area (Å²) in [5, 5.41) is 28.0. The predicted octanol–water partition coefficient (Wildman–Crippen LogP) is 6.29. The van der Waals surface area contributed by atoms with Crippen LogP contribution in [0.2, 0.25) is 0 Å². The molecule has 0 saturated carbocycles. The van der Waals surface area contributed by atoms with Crippen LogP contribution in [0.4, 0.5) is 10.5 Å². The van der Waals surface area contributed by atoms with E-state index >= 15 is 0 Å². The Morgan fingerprint density at radius 1 is 0.868 bits per heavy atom. The fourth-order valence-electron chi connectivity index (χ4n) is 4.62. The zero-order chi connectivity index (χ0) is 26.6. The highest BCUT2D eigenvalue weighted by Gasteiger charge is 2.33. The van der Waals surface area contributed by atoms with E-state index in [1.165, 1.54) is 12.1 Å². The first kappa shape index (κ1) is 24.6. The van der Waals surface area contributed by atoms with Crippen molar-refractivity contribution in [3.8, 4) is 22.6 Å². The lowest BCUT2D eigenvalue weighted by molar-refractivity contribution is -0.386. The molecule has 0 spiro atoms. The van der Waals surface area contributed by atoms with Crippen molar-refractivity contribution in [1.82, 2.24) is 10.6 Å². The van der Waals surface area contributed by atoms with E-state index in [9.17, 15) is 20.0 Å². The number of hydrogen-bond donors (Lipinski definition) is 3. The number of rotatable bonds is 7. The molecule has 5 rings (SSSR count). The SMILES string of the molecule is CCOc1cc(C2NC(=O)NC(c3ccccc3)=C2c2ccc(-c3ccccc3)cc2)cc([N+](=O)[O-])c1O. The number of nitrogens with zero attached hydrogens (tertiary/aromatic N) is 1. The number of nitro benzene ring substituents is 1. The molecule has 0 aromatic heterocycles. The zero-order valence-electron chi connectivity index (χ0n) is 20.5. The van der Waals surface area contributed by atoms with E-state index in [1.807, 2.05) is 84.9 Å². The Morgan fingerprint density at radius 3 is 2.05 bits per heavy atom. The molecule has 8 heteroatoms. The van der Waals surface area contributed by atoms with Crippen molar-refractivity contribution in [2.45, 2.75) is 13.0 Å². The fourth-order valence-corrected chi connectivity index (χ4v) is 4.62. The lowest BCUT2D eigenvalue weighted by Gasteiger charge is -2.31. The van der Waals surface area contributed by atoms with Crippen LogP contribution >= 0.6 is 0 Å². The number of urea groups is 1. The minimum absolute atomic E-state index is 0.0236. The number of carbonyl (C=O) groups is 1. The van der Waals surface area contributed by atoms with Gasteiger partial charge in [-0.1, -0.05) is 84.9 Å². The second-order valence-electron chi connectivity index (χ2n) is 8.71. The summed E-state index contributed by atoms with van der Waals surface area (Å²) < 4.78 is 5.50. The first-order chi connectivity index (χ1) is 18.5.